The van der Waals surface area contributed by atoms with Crippen LogP contribution in [-0.4, -0.2) is 0 Å². The van der Waals surface area contributed by atoms with Gasteiger partial charge in [-0.1, -0.05) is 39.0 Å². The highest BCUT2D eigenvalue weighted by Gasteiger charge is 2.10. The first-order valence-electron chi connectivity index (χ1n) is 4.58. The molecule has 62 valence electrons. The molecular formula is C11H18. The van der Waals surface area contributed by atoms with E-state index in [4.69, 9.17) is 0 Å². The summed E-state index contributed by atoms with van der Waals surface area (Å²) in [7, 11) is 0. The average Bonchev–Trinajstić information content (AvgIpc) is 2.05. The molecule has 0 spiro atoms. The zero-order valence-electron chi connectivity index (χ0n) is 7.80. The van der Waals surface area contributed by atoms with Gasteiger partial charge in [-0.05, 0) is 30.3 Å². The highest BCUT2D eigenvalue weighted by Crippen LogP contribution is 2.24. The van der Waals surface area contributed by atoms with Gasteiger partial charge in [0.1, 0.15) is 0 Å². The second-order valence-corrected chi connectivity index (χ2v) is 3.72. The summed E-state index contributed by atoms with van der Waals surface area (Å²) in [6.07, 6.45) is 9.42. The third-order valence-corrected chi connectivity index (χ3v) is 2.55. The van der Waals surface area contributed by atoms with Crippen LogP contribution in [0, 0.1) is 11.8 Å². The van der Waals surface area contributed by atoms with Crippen molar-refractivity contribution in [2.24, 2.45) is 11.8 Å². The van der Waals surface area contributed by atoms with Gasteiger partial charge in [-0.3, -0.25) is 0 Å². The molecule has 0 saturated heterocycles. The van der Waals surface area contributed by atoms with Crippen LogP contribution in [0.1, 0.15) is 33.6 Å². The average molecular weight is 150 g/mol. The van der Waals surface area contributed by atoms with Crippen LogP contribution in [0.25, 0.3) is 0 Å². The molecule has 1 aliphatic rings. The summed E-state index contributed by atoms with van der Waals surface area (Å²) >= 11 is 0. The standard InChI is InChI=1S/C11H18/c1-9(2)10(3)11-7-5-4-6-8-11/h5,7-10H,4,6H2,1-3H3/t10-/m0/s1. The van der Waals surface area contributed by atoms with E-state index in [0.717, 1.165) is 11.8 Å². The highest BCUT2D eigenvalue weighted by molar-refractivity contribution is 5.24. The molecule has 0 fully saturated rings. The molecule has 0 amide bonds. The fourth-order valence-electron chi connectivity index (χ4n) is 1.36. The lowest BCUT2D eigenvalue weighted by Crippen LogP contribution is -2.06. The van der Waals surface area contributed by atoms with Crippen LogP contribution in [0.15, 0.2) is 23.8 Å². The smallest absolute Gasteiger partial charge is 0.0171 e. The molecule has 0 radical (unpaired) electrons. The predicted molar refractivity (Wildman–Crippen MR) is 50.5 cm³/mol. The molecule has 0 bridgehead atoms. The Morgan fingerprint density at radius 2 is 1.91 bits per heavy atom. The molecule has 0 saturated carbocycles. The topological polar surface area (TPSA) is 0 Å². The van der Waals surface area contributed by atoms with Crippen molar-refractivity contribution in [2.45, 2.75) is 33.6 Å². The summed E-state index contributed by atoms with van der Waals surface area (Å²) in [5, 5.41) is 0. The van der Waals surface area contributed by atoms with E-state index in [1.807, 2.05) is 0 Å². The van der Waals surface area contributed by atoms with E-state index in [2.05, 4.69) is 39.0 Å². The van der Waals surface area contributed by atoms with Crippen LogP contribution >= 0.6 is 0 Å². The van der Waals surface area contributed by atoms with Gasteiger partial charge in [-0.15, -0.1) is 0 Å². The van der Waals surface area contributed by atoms with Crippen molar-refractivity contribution in [3.63, 3.8) is 0 Å². The van der Waals surface area contributed by atoms with E-state index in [1.165, 1.54) is 18.4 Å². The van der Waals surface area contributed by atoms with Crippen molar-refractivity contribution >= 4 is 0 Å². The van der Waals surface area contributed by atoms with Gasteiger partial charge < -0.3 is 0 Å². The molecule has 1 atom stereocenters. The van der Waals surface area contributed by atoms with Crippen LogP contribution in [-0.2, 0) is 0 Å². The Morgan fingerprint density at radius 3 is 2.36 bits per heavy atom. The third-order valence-electron chi connectivity index (χ3n) is 2.55. The van der Waals surface area contributed by atoms with Gasteiger partial charge >= 0.3 is 0 Å². The maximum absolute atomic E-state index is 2.38. The van der Waals surface area contributed by atoms with Crippen LogP contribution in [0.4, 0.5) is 0 Å². The SMILES string of the molecule is CC(C)[C@H](C)C1=CCCC=C1. The number of hydrogen-bond acceptors (Lipinski definition) is 0. The van der Waals surface area contributed by atoms with Gasteiger partial charge in [0.15, 0.2) is 0 Å². The van der Waals surface area contributed by atoms with Gasteiger partial charge in [-0.2, -0.15) is 0 Å². The van der Waals surface area contributed by atoms with Crippen LogP contribution in [0.5, 0.6) is 0 Å². The number of rotatable bonds is 2. The van der Waals surface area contributed by atoms with Crippen molar-refractivity contribution in [3.8, 4) is 0 Å². The first-order chi connectivity index (χ1) is 5.22. The Morgan fingerprint density at radius 1 is 1.18 bits per heavy atom. The zero-order chi connectivity index (χ0) is 8.27. The summed E-state index contributed by atoms with van der Waals surface area (Å²) < 4.78 is 0. The van der Waals surface area contributed by atoms with E-state index in [-0.39, 0.29) is 0 Å². The Labute approximate surface area is 70.0 Å². The van der Waals surface area contributed by atoms with E-state index in [0.29, 0.717) is 0 Å². The second kappa shape index (κ2) is 3.75. The van der Waals surface area contributed by atoms with E-state index >= 15 is 0 Å². The van der Waals surface area contributed by atoms with Crippen molar-refractivity contribution in [2.75, 3.05) is 0 Å². The summed E-state index contributed by atoms with van der Waals surface area (Å²) in [5.41, 5.74) is 1.53. The van der Waals surface area contributed by atoms with Crippen molar-refractivity contribution < 1.29 is 0 Å². The summed E-state index contributed by atoms with van der Waals surface area (Å²) in [6.45, 7) is 6.88. The van der Waals surface area contributed by atoms with E-state index in [1.54, 1.807) is 0 Å². The molecule has 0 unspecified atom stereocenters. The van der Waals surface area contributed by atoms with Gasteiger partial charge in [-0.25, -0.2) is 0 Å². The third kappa shape index (κ3) is 2.21. The molecule has 0 aromatic carbocycles. The zero-order valence-corrected chi connectivity index (χ0v) is 7.80. The molecular weight excluding hydrogens is 132 g/mol. The summed E-state index contributed by atoms with van der Waals surface area (Å²) in [4.78, 5) is 0. The normalized spacial score (nSPS) is 20.2. The van der Waals surface area contributed by atoms with Gasteiger partial charge in [0.25, 0.3) is 0 Å². The fourth-order valence-corrected chi connectivity index (χ4v) is 1.36. The monoisotopic (exact) mass is 150 g/mol. The lowest BCUT2D eigenvalue weighted by Gasteiger charge is -2.18. The predicted octanol–water partition coefficient (Wildman–Crippen LogP) is 3.55. The maximum atomic E-state index is 2.38. The largest absolute Gasteiger partial charge is 0.0840 e. The molecule has 1 rings (SSSR count). The van der Waals surface area contributed by atoms with Gasteiger partial charge in [0, 0.05) is 0 Å². The van der Waals surface area contributed by atoms with Crippen LogP contribution < -0.4 is 0 Å². The quantitative estimate of drug-likeness (QED) is 0.564. The summed E-state index contributed by atoms with van der Waals surface area (Å²) in [5.74, 6) is 1.50. The minimum Gasteiger partial charge on any atom is -0.0840 e. The van der Waals surface area contributed by atoms with Crippen LogP contribution in [0.3, 0.4) is 0 Å². The van der Waals surface area contributed by atoms with Crippen molar-refractivity contribution in [1.82, 2.24) is 0 Å². The Kier molecular flexibility index (Phi) is 2.92. The highest BCUT2D eigenvalue weighted by atomic mass is 14.2. The minimum absolute atomic E-state index is 0.728. The molecule has 0 aromatic heterocycles. The maximum Gasteiger partial charge on any atom is -0.0171 e. The van der Waals surface area contributed by atoms with Crippen LogP contribution in [0.2, 0.25) is 0 Å². The van der Waals surface area contributed by atoms with E-state index in [9.17, 15) is 0 Å². The summed E-state index contributed by atoms with van der Waals surface area (Å²) in [6, 6.07) is 0. The molecule has 0 aromatic rings. The van der Waals surface area contributed by atoms with Crippen molar-refractivity contribution in [1.29, 1.82) is 0 Å². The molecule has 0 heteroatoms. The minimum atomic E-state index is 0.728. The van der Waals surface area contributed by atoms with Gasteiger partial charge in [0.05, 0.1) is 0 Å². The molecule has 1 aliphatic carbocycles. The van der Waals surface area contributed by atoms with Crippen molar-refractivity contribution in [3.05, 3.63) is 23.8 Å². The molecule has 11 heavy (non-hydrogen) atoms. The second-order valence-electron chi connectivity index (χ2n) is 3.72. The number of hydrogen-bond donors (Lipinski definition) is 0. The molecule has 0 nitrogen and oxygen atoms in total. The fraction of sp³-hybridized carbons (Fsp3) is 0.636. The van der Waals surface area contributed by atoms with Gasteiger partial charge in [0.2, 0.25) is 0 Å². The molecule has 0 heterocycles. The molecule has 0 aliphatic heterocycles. The lowest BCUT2D eigenvalue weighted by atomic mass is 9.87. The van der Waals surface area contributed by atoms with E-state index < -0.39 is 0 Å². The Hall–Kier alpha value is -0.520. The Balaban J connectivity index is 2.59. The first-order valence-corrected chi connectivity index (χ1v) is 4.58. The Bertz CT molecular complexity index is 172. The number of allylic oxidation sites excluding steroid dienone is 4. The molecule has 0 N–H and O–H groups in total. The lowest BCUT2D eigenvalue weighted by molar-refractivity contribution is 0.485. The first kappa shape index (κ1) is 8.58.